The molecule has 0 fully saturated rings. The number of hydrogen-bond donors (Lipinski definition) is 0. The van der Waals surface area contributed by atoms with Gasteiger partial charge in [0, 0.05) is 6.00 Å². The van der Waals surface area contributed by atoms with Crippen molar-refractivity contribution in [1.29, 1.82) is 0 Å². The number of rotatable bonds is 6. The Hall–Kier alpha value is 0.0249. The second-order valence-corrected chi connectivity index (χ2v) is 3.99. The summed E-state index contributed by atoms with van der Waals surface area (Å²) in [6.45, 7) is 10.8. The van der Waals surface area contributed by atoms with Gasteiger partial charge in [0.1, 0.15) is 7.85 Å². The van der Waals surface area contributed by atoms with Gasteiger partial charge in [0.25, 0.3) is 0 Å². The van der Waals surface area contributed by atoms with Crippen LogP contribution in [0.1, 0.15) is 53.9 Å². The van der Waals surface area contributed by atoms with E-state index < -0.39 is 0 Å². The SMILES string of the molecule is [B]C(CC)OC(CC)(CC)C(C)C. The molecule has 0 aliphatic carbocycles. The van der Waals surface area contributed by atoms with E-state index in [0.717, 1.165) is 19.3 Å². The minimum Gasteiger partial charge on any atom is -0.381 e. The van der Waals surface area contributed by atoms with Crippen LogP contribution in [0.4, 0.5) is 0 Å². The molecule has 1 nitrogen and oxygen atoms in total. The maximum absolute atomic E-state index is 5.92. The van der Waals surface area contributed by atoms with E-state index in [4.69, 9.17) is 12.6 Å². The fourth-order valence-electron chi connectivity index (χ4n) is 1.75. The maximum Gasteiger partial charge on any atom is 0.109 e. The van der Waals surface area contributed by atoms with Gasteiger partial charge < -0.3 is 4.74 Å². The normalized spacial score (nSPS) is 14.9. The van der Waals surface area contributed by atoms with Gasteiger partial charge in [-0.2, -0.15) is 0 Å². The Morgan fingerprint density at radius 2 is 1.62 bits per heavy atom. The summed E-state index contributed by atoms with van der Waals surface area (Å²) in [6, 6.07) is -0.109. The highest BCUT2D eigenvalue weighted by Gasteiger charge is 2.31. The van der Waals surface area contributed by atoms with E-state index in [1.165, 1.54) is 0 Å². The number of hydrogen-bond acceptors (Lipinski definition) is 1. The highest BCUT2D eigenvalue weighted by molar-refractivity contribution is 6.10. The molecule has 0 saturated heterocycles. The van der Waals surface area contributed by atoms with Gasteiger partial charge in [-0.05, 0) is 25.2 Å². The average Bonchev–Trinajstić information content (AvgIpc) is 2.13. The molecule has 0 aromatic rings. The lowest BCUT2D eigenvalue weighted by atomic mass is 9.83. The van der Waals surface area contributed by atoms with Crippen LogP contribution < -0.4 is 0 Å². The molecule has 0 heterocycles. The van der Waals surface area contributed by atoms with Crippen molar-refractivity contribution >= 4 is 7.85 Å². The van der Waals surface area contributed by atoms with Crippen molar-refractivity contribution in [2.75, 3.05) is 0 Å². The van der Waals surface area contributed by atoms with Crippen LogP contribution in [0.15, 0.2) is 0 Å². The Kier molecular flexibility index (Phi) is 5.70. The predicted octanol–water partition coefficient (Wildman–Crippen LogP) is 3.12. The molecule has 0 bridgehead atoms. The lowest BCUT2D eigenvalue weighted by Crippen LogP contribution is -2.40. The third-order valence-electron chi connectivity index (χ3n) is 3.04. The topological polar surface area (TPSA) is 9.23 Å². The fraction of sp³-hybridized carbons (Fsp3) is 1.00. The molecule has 1 unspecified atom stereocenters. The summed E-state index contributed by atoms with van der Waals surface area (Å²) in [4.78, 5) is 0. The molecule has 76 valence electrons. The molecule has 0 amide bonds. The summed E-state index contributed by atoms with van der Waals surface area (Å²) in [6.07, 6.45) is 2.96. The third kappa shape index (κ3) is 3.34. The van der Waals surface area contributed by atoms with E-state index in [0.29, 0.717) is 5.92 Å². The van der Waals surface area contributed by atoms with E-state index >= 15 is 0 Å². The first-order chi connectivity index (χ1) is 6.02. The van der Waals surface area contributed by atoms with Crippen LogP contribution in [0.5, 0.6) is 0 Å². The first-order valence-corrected chi connectivity index (χ1v) is 5.45. The largest absolute Gasteiger partial charge is 0.381 e. The summed E-state index contributed by atoms with van der Waals surface area (Å²) < 4.78 is 5.92. The van der Waals surface area contributed by atoms with Gasteiger partial charge in [0.05, 0.1) is 5.60 Å². The van der Waals surface area contributed by atoms with E-state index in [9.17, 15) is 0 Å². The molecule has 2 heteroatoms. The standard InChI is InChI=1S/C11H23BO/c1-6-10(12)13-11(7-2,8-3)9(4)5/h9-10H,6-8H2,1-5H3. The van der Waals surface area contributed by atoms with E-state index in [1.54, 1.807) is 0 Å². The van der Waals surface area contributed by atoms with E-state index in [1.807, 2.05) is 0 Å². The molecule has 0 aliphatic heterocycles. The lowest BCUT2D eigenvalue weighted by Gasteiger charge is -2.38. The fourth-order valence-corrected chi connectivity index (χ4v) is 1.75. The molecule has 0 aromatic carbocycles. The predicted molar refractivity (Wildman–Crippen MR) is 59.1 cm³/mol. The summed E-state index contributed by atoms with van der Waals surface area (Å²) in [5.41, 5.74) is -0.0184. The molecule has 2 radical (unpaired) electrons. The number of ether oxygens (including phenoxy) is 1. The quantitative estimate of drug-likeness (QED) is 0.573. The first-order valence-electron chi connectivity index (χ1n) is 5.45. The zero-order valence-corrected chi connectivity index (χ0v) is 9.76. The molecule has 0 N–H and O–H groups in total. The molecular weight excluding hydrogens is 159 g/mol. The Morgan fingerprint density at radius 3 is 1.85 bits per heavy atom. The van der Waals surface area contributed by atoms with Crippen LogP contribution in [-0.2, 0) is 4.74 Å². The van der Waals surface area contributed by atoms with Crippen molar-refractivity contribution < 1.29 is 4.74 Å². The second kappa shape index (κ2) is 5.69. The summed E-state index contributed by atoms with van der Waals surface area (Å²) in [7, 11) is 5.83. The molecule has 0 spiro atoms. The molecule has 0 aromatic heterocycles. The van der Waals surface area contributed by atoms with Crippen molar-refractivity contribution in [2.45, 2.75) is 65.5 Å². The van der Waals surface area contributed by atoms with Crippen LogP contribution in [0, 0.1) is 5.92 Å². The van der Waals surface area contributed by atoms with E-state index in [-0.39, 0.29) is 11.6 Å². The van der Waals surface area contributed by atoms with Gasteiger partial charge in [-0.15, -0.1) is 0 Å². The maximum atomic E-state index is 5.92. The average molecular weight is 182 g/mol. The van der Waals surface area contributed by atoms with Gasteiger partial charge in [0.15, 0.2) is 0 Å². The monoisotopic (exact) mass is 182 g/mol. The highest BCUT2D eigenvalue weighted by atomic mass is 16.5. The van der Waals surface area contributed by atoms with Crippen LogP contribution in [0.25, 0.3) is 0 Å². The summed E-state index contributed by atoms with van der Waals surface area (Å²) in [5.74, 6) is 0.528. The van der Waals surface area contributed by atoms with Crippen molar-refractivity contribution in [1.82, 2.24) is 0 Å². The zero-order chi connectivity index (χ0) is 10.5. The molecule has 0 rings (SSSR count). The Balaban J connectivity index is 4.38. The van der Waals surface area contributed by atoms with Crippen LogP contribution in [0.3, 0.4) is 0 Å². The lowest BCUT2D eigenvalue weighted by molar-refractivity contribution is -0.0994. The highest BCUT2D eigenvalue weighted by Crippen LogP contribution is 2.30. The minimum absolute atomic E-state index is 0.0184. The van der Waals surface area contributed by atoms with Gasteiger partial charge in [0.2, 0.25) is 0 Å². The van der Waals surface area contributed by atoms with Crippen molar-refractivity contribution in [2.24, 2.45) is 5.92 Å². The van der Waals surface area contributed by atoms with Gasteiger partial charge >= 0.3 is 0 Å². The first kappa shape index (κ1) is 13.0. The zero-order valence-electron chi connectivity index (χ0n) is 9.76. The van der Waals surface area contributed by atoms with Crippen LogP contribution in [0.2, 0.25) is 0 Å². The van der Waals surface area contributed by atoms with Gasteiger partial charge in [-0.25, -0.2) is 0 Å². The van der Waals surface area contributed by atoms with Crippen LogP contribution in [-0.4, -0.2) is 19.5 Å². The third-order valence-corrected chi connectivity index (χ3v) is 3.04. The van der Waals surface area contributed by atoms with Crippen molar-refractivity contribution in [3.8, 4) is 0 Å². The van der Waals surface area contributed by atoms with Crippen molar-refractivity contribution in [3.63, 3.8) is 0 Å². The Morgan fingerprint density at radius 1 is 1.15 bits per heavy atom. The van der Waals surface area contributed by atoms with Gasteiger partial charge in [-0.1, -0.05) is 34.6 Å². The van der Waals surface area contributed by atoms with Crippen molar-refractivity contribution in [3.05, 3.63) is 0 Å². The molecule has 0 aliphatic rings. The molecule has 0 saturated carbocycles. The van der Waals surface area contributed by atoms with E-state index in [2.05, 4.69) is 34.6 Å². The van der Waals surface area contributed by atoms with Gasteiger partial charge in [-0.3, -0.25) is 0 Å². The molecule has 13 heavy (non-hydrogen) atoms. The molecule has 1 atom stereocenters. The minimum atomic E-state index is -0.109. The summed E-state index contributed by atoms with van der Waals surface area (Å²) in [5, 5.41) is 0. The summed E-state index contributed by atoms with van der Waals surface area (Å²) >= 11 is 0. The van der Waals surface area contributed by atoms with Crippen LogP contribution >= 0.6 is 0 Å². The smallest absolute Gasteiger partial charge is 0.109 e. The Bertz CT molecular complexity index is 130. The molecular formula is C11H23BO. The Labute approximate surface area is 84.7 Å². The second-order valence-electron chi connectivity index (χ2n) is 3.99.